The summed E-state index contributed by atoms with van der Waals surface area (Å²) in [5, 5.41) is 7.41. The van der Waals surface area contributed by atoms with Gasteiger partial charge in [0.15, 0.2) is 0 Å². The fourth-order valence-corrected chi connectivity index (χ4v) is 2.44. The fourth-order valence-electron chi connectivity index (χ4n) is 1.51. The third kappa shape index (κ3) is 3.43. The predicted octanol–water partition coefficient (Wildman–Crippen LogP) is 1.61. The van der Waals surface area contributed by atoms with Crippen LogP contribution < -0.4 is 0 Å². The second-order valence-electron chi connectivity index (χ2n) is 4.46. The Hall–Kier alpha value is -0.660. The SMILES string of the molecule is COCCn1c(C(C)C(C)C)nnc1S(=O)(=O)Cl. The van der Waals surface area contributed by atoms with Gasteiger partial charge in [0.1, 0.15) is 5.82 Å². The maximum absolute atomic E-state index is 11.4. The number of methoxy groups -OCH3 is 1. The number of rotatable bonds is 6. The summed E-state index contributed by atoms with van der Waals surface area (Å²) in [6.45, 7) is 6.78. The second kappa shape index (κ2) is 5.99. The molecular formula is C10H18ClN3O3S. The van der Waals surface area contributed by atoms with Gasteiger partial charge in [-0.3, -0.25) is 4.57 Å². The summed E-state index contributed by atoms with van der Waals surface area (Å²) in [5.74, 6) is 1.02. The Morgan fingerprint density at radius 2 is 1.94 bits per heavy atom. The molecule has 0 saturated carbocycles. The van der Waals surface area contributed by atoms with E-state index in [4.69, 9.17) is 15.4 Å². The highest BCUT2D eigenvalue weighted by Gasteiger charge is 2.26. The first kappa shape index (κ1) is 15.4. The molecule has 6 nitrogen and oxygen atoms in total. The molecule has 0 radical (unpaired) electrons. The first-order valence-electron chi connectivity index (χ1n) is 5.65. The van der Waals surface area contributed by atoms with E-state index in [1.165, 1.54) is 4.57 Å². The average molecular weight is 296 g/mol. The molecule has 0 aliphatic rings. The molecule has 1 rings (SSSR count). The molecule has 0 fully saturated rings. The molecule has 1 heterocycles. The molecule has 0 aliphatic carbocycles. The van der Waals surface area contributed by atoms with Crippen LogP contribution in [0.2, 0.25) is 0 Å². The van der Waals surface area contributed by atoms with E-state index >= 15 is 0 Å². The van der Waals surface area contributed by atoms with Gasteiger partial charge in [-0.05, 0) is 5.92 Å². The standard InChI is InChI=1S/C10H18ClN3O3S/c1-7(2)8(3)9-12-13-10(18(11,15)16)14(9)5-6-17-4/h7-8H,5-6H2,1-4H3. The zero-order valence-corrected chi connectivity index (χ0v) is 12.5. The Labute approximate surface area is 112 Å². The minimum Gasteiger partial charge on any atom is -0.383 e. The van der Waals surface area contributed by atoms with Gasteiger partial charge in [-0.25, -0.2) is 8.42 Å². The Morgan fingerprint density at radius 1 is 1.33 bits per heavy atom. The van der Waals surface area contributed by atoms with Crippen molar-refractivity contribution in [3.8, 4) is 0 Å². The molecule has 104 valence electrons. The van der Waals surface area contributed by atoms with E-state index in [0.717, 1.165) is 0 Å². The normalized spacial score (nSPS) is 14.1. The summed E-state index contributed by atoms with van der Waals surface area (Å²) in [6.07, 6.45) is 0. The Balaban J connectivity index is 3.23. The molecule has 0 aromatic carbocycles. The molecule has 0 bridgehead atoms. The van der Waals surface area contributed by atoms with E-state index in [2.05, 4.69) is 10.2 Å². The highest BCUT2D eigenvalue weighted by Crippen LogP contribution is 2.25. The van der Waals surface area contributed by atoms with Gasteiger partial charge in [0, 0.05) is 30.3 Å². The molecule has 0 aliphatic heterocycles. The van der Waals surface area contributed by atoms with Crippen molar-refractivity contribution >= 4 is 19.7 Å². The molecule has 0 spiro atoms. The quantitative estimate of drug-likeness (QED) is 0.745. The van der Waals surface area contributed by atoms with Crippen LogP contribution in [0.3, 0.4) is 0 Å². The van der Waals surface area contributed by atoms with Gasteiger partial charge in [-0.2, -0.15) is 0 Å². The van der Waals surface area contributed by atoms with Gasteiger partial charge in [0.25, 0.3) is 14.2 Å². The Morgan fingerprint density at radius 3 is 2.39 bits per heavy atom. The lowest BCUT2D eigenvalue weighted by atomic mass is 9.97. The molecular weight excluding hydrogens is 278 g/mol. The van der Waals surface area contributed by atoms with Gasteiger partial charge < -0.3 is 4.74 Å². The number of aromatic nitrogens is 3. The van der Waals surface area contributed by atoms with E-state index in [-0.39, 0.29) is 11.1 Å². The number of hydrogen-bond donors (Lipinski definition) is 0. The number of nitrogens with zero attached hydrogens (tertiary/aromatic N) is 3. The van der Waals surface area contributed by atoms with Crippen LogP contribution in [0, 0.1) is 5.92 Å². The van der Waals surface area contributed by atoms with Crippen LogP contribution >= 0.6 is 10.7 Å². The fraction of sp³-hybridized carbons (Fsp3) is 0.800. The Kier molecular flexibility index (Phi) is 5.12. The van der Waals surface area contributed by atoms with E-state index in [1.54, 1.807) is 7.11 Å². The predicted molar refractivity (Wildman–Crippen MR) is 68.2 cm³/mol. The molecule has 1 aromatic rings. The minimum atomic E-state index is -3.90. The minimum absolute atomic E-state index is 0.0847. The number of ether oxygens (including phenoxy) is 1. The molecule has 8 heteroatoms. The van der Waals surface area contributed by atoms with E-state index < -0.39 is 9.05 Å². The maximum atomic E-state index is 11.4. The monoisotopic (exact) mass is 295 g/mol. The molecule has 0 N–H and O–H groups in total. The lowest BCUT2D eigenvalue weighted by Gasteiger charge is -2.16. The largest absolute Gasteiger partial charge is 0.383 e. The molecule has 18 heavy (non-hydrogen) atoms. The average Bonchev–Trinajstić information content (AvgIpc) is 2.68. The highest BCUT2D eigenvalue weighted by atomic mass is 35.7. The first-order chi connectivity index (χ1) is 8.29. The lowest BCUT2D eigenvalue weighted by molar-refractivity contribution is 0.182. The van der Waals surface area contributed by atoms with Gasteiger partial charge in [-0.1, -0.05) is 20.8 Å². The highest BCUT2D eigenvalue weighted by molar-refractivity contribution is 8.13. The van der Waals surface area contributed by atoms with E-state index in [0.29, 0.717) is 24.9 Å². The third-order valence-electron chi connectivity index (χ3n) is 2.89. The smallest absolute Gasteiger partial charge is 0.296 e. The second-order valence-corrected chi connectivity index (χ2v) is 6.92. The van der Waals surface area contributed by atoms with Crippen LogP contribution in [0.4, 0.5) is 0 Å². The van der Waals surface area contributed by atoms with Crippen molar-refractivity contribution in [1.29, 1.82) is 0 Å². The molecule has 1 atom stereocenters. The maximum Gasteiger partial charge on any atom is 0.296 e. The van der Waals surface area contributed by atoms with Gasteiger partial charge >= 0.3 is 0 Å². The zero-order valence-electron chi connectivity index (χ0n) is 10.9. The summed E-state index contributed by atoms with van der Waals surface area (Å²) >= 11 is 0. The summed E-state index contributed by atoms with van der Waals surface area (Å²) in [5.41, 5.74) is 0. The third-order valence-corrected chi connectivity index (χ3v) is 4.04. The molecule has 0 saturated heterocycles. The van der Waals surface area contributed by atoms with Crippen molar-refractivity contribution in [3.05, 3.63) is 5.82 Å². The van der Waals surface area contributed by atoms with Crippen LogP contribution in [0.5, 0.6) is 0 Å². The van der Waals surface area contributed by atoms with Crippen LogP contribution in [0.25, 0.3) is 0 Å². The van der Waals surface area contributed by atoms with Crippen molar-refractivity contribution in [2.45, 2.75) is 38.4 Å². The number of hydrogen-bond acceptors (Lipinski definition) is 5. The van der Waals surface area contributed by atoms with Crippen LogP contribution in [0.15, 0.2) is 5.16 Å². The first-order valence-corrected chi connectivity index (χ1v) is 7.96. The lowest BCUT2D eigenvalue weighted by Crippen LogP contribution is -2.16. The summed E-state index contributed by atoms with van der Waals surface area (Å²) in [4.78, 5) is 0. The van der Waals surface area contributed by atoms with Gasteiger partial charge in [0.05, 0.1) is 6.61 Å². The zero-order chi connectivity index (χ0) is 13.9. The van der Waals surface area contributed by atoms with E-state index in [1.807, 2.05) is 20.8 Å². The van der Waals surface area contributed by atoms with E-state index in [9.17, 15) is 8.42 Å². The van der Waals surface area contributed by atoms with Crippen LogP contribution in [-0.4, -0.2) is 36.9 Å². The van der Waals surface area contributed by atoms with Crippen molar-refractivity contribution < 1.29 is 13.2 Å². The van der Waals surface area contributed by atoms with Crippen molar-refractivity contribution in [2.24, 2.45) is 5.92 Å². The molecule has 0 amide bonds. The molecule has 1 unspecified atom stereocenters. The summed E-state index contributed by atoms with van der Waals surface area (Å²) < 4.78 is 29.3. The topological polar surface area (TPSA) is 74.1 Å². The Bertz CT molecular complexity index is 498. The summed E-state index contributed by atoms with van der Waals surface area (Å²) in [6, 6.07) is 0. The van der Waals surface area contributed by atoms with Crippen molar-refractivity contribution in [1.82, 2.24) is 14.8 Å². The number of halogens is 1. The van der Waals surface area contributed by atoms with Gasteiger partial charge in [-0.15, -0.1) is 10.2 Å². The summed E-state index contributed by atoms with van der Waals surface area (Å²) in [7, 11) is 3.00. The van der Waals surface area contributed by atoms with Crippen LogP contribution in [0.1, 0.15) is 32.5 Å². The molecule has 1 aromatic heterocycles. The van der Waals surface area contributed by atoms with Gasteiger partial charge in [0.2, 0.25) is 0 Å². The van der Waals surface area contributed by atoms with Crippen molar-refractivity contribution in [3.63, 3.8) is 0 Å². The van der Waals surface area contributed by atoms with Crippen molar-refractivity contribution in [2.75, 3.05) is 13.7 Å². The van der Waals surface area contributed by atoms with Crippen LogP contribution in [-0.2, 0) is 20.3 Å².